The Morgan fingerprint density at radius 1 is 1.12 bits per heavy atom. The summed E-state index contributed by atoms with van der Waals surface area (Å²) >= 11 is 5.60. The topological polar surface area (TPSA) is 107 Å². The Kier molecular flexibility index (Phi) is 6.42. The summed E-state index contributed by atoms with van der Waals surface area (Å²) in [6.07, 6.45) is 0.759. The summed E-state index contributed by atoms with van der Waals surface area (Å²) in [7, 11) is -3.39. The summed E-state index contributed by atoms with van der Waals surface area (Å²) in [4.78, 5) is 39.5. The molecule has 1 atom stereocenters. The number of fused-ring (bicyclic) bond motifs is 1. The van der Waals surface area contributed by atoms with Crippen molar-refractivity contribution in [3.63, 3.8) is 0 Å². The molecule has 32 heavy (non-hydrogen) atoms. The number of nitrogens with zero attached hydrogens (tertiary/aromatic N) is 3. The van der Waals surface area contributed by atoms with Gasteiger partial charge in [-0.25, -0.2) is 12.8 Å². The number of amides is 3. The molecule has 0 radical (unpaired) electrons. The number of imide groups is 1. The van der Waals surface area contributed by atoms with Crippen molar-refractivity contribution in [1.29, 1.82) is 0 Å². The summed E-state index contributed by atoms with van der Waals surface area (Å²) in [6.45, 7) is 1.27. The molecule has 0 aliphatic carbocycles. The zero-order valence-corrected chi connectivity index (χ0v) is 18.9. The molecule has 0 spiro atoms. The van der Waals surface area contributed by atoms with Crippen molar-refractivity contribution in [3.05, 3.63) is 29.1 Å². The minimum Gasteiger partial charge on any atom is -0.367 e. The molecule has 3 heterocycles. The smallest absolute Gasteiger partial charge is 0.255 e. The van der Waals surface area contributed by atoms with Crippen LogP contribution in [0, 0.1) is 5.82 Å². The second-order valence-corrected chi connectivity index (χ2v) is 10.6. The second kappa shape index (κ2) is 8.95. The highest BCUT2D eigenvalue weighted by atomic mass is 35.5. The number of piperidine rings is 1. The Hall–Kier alpha value is -2.24. The van der Waals surface area contributed by atoms with Crippen LogP contribution in [0.5, 0.6) is 0 Å². The molecule has 9 nitrogen and oxygen atoms in total. The Morgan fingerprint density at radius 3 is 2.50 bits per heavy atom. The number of carbonyl (C=O) groups is 3. The number of anilines is 1. The lowest BCUT2D eigenvalue weighted by molar-refractivity contribution is -0.136. The first-order valence-electron chi connectivity index (χ1n) is 10.5. The predicted molar refractivity (Wildman–Crippen MR) is 115 cm³/mol. The Labute approximate surface area is 190 Å². The van der Waals surface area contributed by atoms with Crippen LogP contribution in [0.3, 0.4) is 0 Å². The predicted octanol–water partition coefficient (Wildman–Crippen LogP) is 0.667. The van der Waals surface area contributed by atoms with Gasteiger partial charge in [-0.3, -0.25) is 19.7 Å². The minimum atomic E-state index is -3.39. The van der Waals surface area contributed by atoms with Crippen molar-refractivity contribution in [2.75, 3.05) is 42.7 Å². The van der Waals surface area contributed by atoms with Gasteiger partial charge >= 0.3 is 0 Å². The molecule has 0 bridgehead atoms. The number of carbonyl (C=O) groups excluding carboxylic acids is 3. The van der Waals surface area contributed by atoms with Crippen molar-refractivity contribution < 1.29 is 27.2 Å². The van der Waals surface area contributed by atoms with E-state index in [0.717, 1.165) is 0 Å². The first-order chi connectivity index (χ1) is 15.2. The van der Waals surface area contributed by atoms with Crippen molar-refractivity contribution in [3.8, 4) is 0 Å². The molecule has 174 valence electrons. The monoisotopic (exact) mass is 486 g/mol. The third kappa shape index (κ3) is 4.33. The molecule has 1 N–H and O–H groups in total. The van der Waals surface area contributed by atoms with E-state index in [9.17, 15) is 27.2 Å². The number of hydrogen-bond acceptors (Lipinski definition) is 6. The van der Waals surface area contributed by atoms with Crippen LogP contribution in [0.15, 0.2) is 12.1 Å². The molecule has 0 aromatic heterocycles. The first-order valence-corrected chi connectivity index (χ1v) is 12.6. The van der Waals surface area contributed by atoms with Crippen LogP contribution < -0.4 is 10.2 Å². The van der Waals surface area contributed by atoms with E-state index in [2.05, 4.69) is 5.32 Å². The molecule has 2 fully saturated rings. The van der Waals surface area contributed by atoms with E-state index in [1.54, 1.807) is 11.0 Å². The molecule has 12 heteroatoms. The van der Waals surface area contributed by atoms with Gasteiger partial charge in [-0.1, -0.05) is 0 Å². The third-order valence-electron chi connectivity index (χ3n) is 6.10. The van der Waals surface area contributed by atoms with E-state index in [0.29, 0.717) is 30.8 Å². The van der Waals surface area contributed by atoms with Gasteiger partial charge in [0.1, 0.15) is 11.9 Å². The number of rotatable bonds is 6. The molecule has 0 saturated carbocycles. The van der Waals surface area contributed by atoms with Gasteiger partial charge in [-0.2, -0.15) is 4.31 Å². The number of sulfonamides is 1. The van der Waals surface area contributed by atoms with E-state index in [1.165, 1.54) is 15.3 Å². The number of nitrogens with one attached hydrogen (secondary N) is 1. The van der Waals surface area contributed by atoms with Crippen molar-refractivity contribution in [1.82, 2.24) is 14.5 Å². The molecule has 2 saturated heterocycles. The normalized spacial score (nSPS) is 22.3. The van der Waals surface area contributed by atoms with Crippen LogP contribution >= 0.6 is 11.6 Å². The number of benzene rings is 1. The van der Waals surface area contributed by atoms with Gasteiger partial charge < -0.3 is 9.80 Å². The zero-order chi connectivity index (χ0) is 23.0. The largest absolute Gasteiger partial charge is 0.367 e. The van der Waals surface area contributed by atoms with E-state index in [-0.39, 0.29) is 55.6 Å². The van der Waals surface area contributed by atoms with Crippen LogP contribution in [0.1, 0.15) is 35.2 Å². The second-order valence-electron chi connectivity index (χ2n) is 8.11. The summed E-state index contributed by atoms with van der Waals surface area (Å²) in [5, 5.41) is 2.24. The number of halogens is 2. The molecule has 4 rings (SSSR count). The molecule has 1 aromatic rings. The van der Waals surface area contributed by atoms with Gasteiger partial charge in [-0.05, 0) is 30.5 Å². The van der Waals surface area contributed by atoms with Crippen molar-refractivity contribution in [2.45, 2.75) is 31.8 Å². The maximum Gasteiger partial charge on any atom is 0.255 e. The lowest BCUT2D eigenvalue weighted by atomic mass is 10.0. The fourth-order valence-corrected chi connectivity index (χ4v) is 6.17. The molecule has 1 unspecified atom stereocenters. The van der Waals surface area contributed by atoms with Crippen molar-refractivity contribution in [2.24, 2.45) is 0 Å². The van der Waals surface area contributed by atoms with Crippen LogP contribution in [-0.2, 0) is 26.2 Å². The number of hydrogen-bond donors (Lipinski definition) is 1. The molecule has 3 amide bonds. The lowest BCUT2D eigenvalue weighted by Crippen LogP contribution is -2.52. The standard InChI is InChI=1S/C20H24ClFN4O5S/c21-4-1-9-32(30,31)25-7-5-24(6-8-25)17-10-13-12-26(20(29)14(13)11-15(17)22)16-2-3-18(27)23-19(16)28/h10-11,16H,1-9,12H2,(H,23,27,28). The molecular weight excluding hydrogens is 463 g/mol. The Morgan fingerprint density at radius 2 is 1.84 bits per heavy atom. The lowest BCUT2D eigenvalue weighted by Gasteiger charge is -2.35. The van der Waals surface area contributed by atoms with Crippen LogP contribution in [0.25, 0.3) is 0 Å². The SMILES string of the molecule is O=C1CCC(N2Cc3cc(N4CCN(S(=O)(=O)CCCCl)CC4)c(F)cc3C2=O)C(=O)N1. The maximum atomic E-state index is 14.9. The van der Waals surface area contributed by atoms with Crippen molar-refractivity contribution >= 4 is 45.0 Å². The van der Waals surface area contributed by atoms with Crippen LogP contribution in [0.4, 0.5) is 10.1 Å². The van der Waals surface area contributed by atoms with Gasteiger partial charge in [0.2, 0.25) is 21.8 Å². The summed E-state index contributed by atoms with van der Waals surface area (Å²) in [6, 6.07) is 2.02. The van der Waals surface area contributed by atoms with Gasteiger partial charge in [0.05, 0.1) is 11.4 Å². The molecule has 3 aliphatic heterocycles. The highest BCUT2D eigenvalue weighted by Crippen LogP contribution is 2.33. The summed E-state index contributed by atoms with van der Waals surface area (Å²) in [5.74, 6) is -1.63. The molecule has 1 aromatic carbocycles. The van der Waals surface area contributed by atoms with Gasteiger partial charge in [0.25, 0.3) is 5.91 Å². The van der Waals surface area contributed by atoms with E-state index in [1.807, 2.05) is 0 Å². The number of alkyl halides is 1. The first kappa shape index (κ1) is 22.9. The zero-order valence-electron chi connectivity index (χ0n) is 17.4. The highest BCUT2D eigenvalue weighted by Gasteiger charge is 2.40. The van der Waals surface area contributed by atoms with Gasteiger partial charge in [0, 0.05) is 50.6 Å². The minimum absolute atomic E-state index is 0.0119. The quantitative estimate of drug-likeness (QED) is 0.468. The fraction of sp³-hybridized carbons (Fsp3) is 0.550. The van der Waals surface area contributed by atoms with Gasteiger partial charge in [0.15, 0.2) is 0 Å². The van der Waals surface area contributed by atoms with E-state index in [4.69, 9.17) is 11.6 Å². The maximum absolute atomic E-state index is 14.9. The average molecular weight is 487 g/mol. The van der Waals surface area contributed by atoms with E-state index >= 15 is 0 Å². The van der Waals surface area contributed by atoms with E-state index < -0.39 is 33.7 Å². The Bertz CT molecular complexity index is 1060. The summed E-state index contributed by atoms with van der Waals surface area (Å²) in [5.41, 5.74) is 1.12. The average Bonchev–Trinajstić information content (AvgIpc) is 3.07. The molecule has 3 aliphatic rings. The van der Waals surface area contributed by atoms with Gasteiger partial charge in [-0.15, -0.1) is 11.6 Å². The molecular formula is C20H24ClFN4O5S. The highest BCUT2D eigenvalue weighted by molar-refractivity contribution is 7.89. The number of piperazine rings is 1. The third-order valence-corrected chi connectivity index (χ3v) is 8.32. The van der Waals surface area contributed by atoms with Crippen LogP contribution in [0.2, 0.25) is 0 Å². The summed E-state index contributed by atoms with van der Waals surface area (Å²) < 4.78 is 41.0. The fourth-order valence-electron chi connectivity index (χ4n) is 4.39. The Balaban J connectivity index is 1.47. The van der Waals surface area contributed by atoms with Crippen LogP contribution in [-0.4, -0.2) is 79.2 Å².